The van der Waals surface area contributed by atoms with Crippen molar-refractivity contribution in [1.29, 1.82) is 0 Å². The normalized spacial score (nSPS) is 10.7. The van der Waals surface area contributed by atoms with Crippen LogP contribution in [0.3, 0.4) is 0 Å². The molecule has 3 aromatic rings. The Morgan fingerprint density at radius 3 is 2.61 bits per heavy atom. The first-order chi connectivity index (χ1) is 11.2. The summed E-state index contributed by atoms with van der Waals surface area (Å²) in [6.07, 6.45) is 4.29. The van der Waals surface area contributed by atoms with Crippen molar-refractivity contribution in [3.8, 4) is 5.75 Å². The monoisotopic (exact) mass is 311 g/mol. The van der Waals surface area contributed by atoms with E-state index in [4.69, 9.17) is 4.74 Å². The molecule has 118 valence electrons. The molecule has 0 atom stereocenters. The lowest BCUT2D eigenvalue weighted by Crippen LogP contribution is -2.12. The van der Waals surface area contributed by atoms with Crippen molar-refractivity contribution in [2.75, 3.05) is 14.2 Å². The van der Waals surface area contributed by atoms with E-state index in [9.17, 15) is 4.79 Å². The Balaban J connectivity index is 1.81. The molecule has 0 aliphatic rings. The summed E-state index contributed by atoms with van der Waals surface area (Å²) in [4.78, 5) is 15.8. The number of rotatable bonds is 5. The minimum Gasteiger partial charge on any atom is -0.497 e. The molecule has 0 bridgehead atoms. The van der Waals surface area contributed by atoms with Crippen LogP contribution in [0, 0.1) is 0 Å². The Hall–Kier alpha value is -2.89. The van der Waals surface area contributed by atoms with Gasteiger partial charge in [0.25, 0.3) is 0 Å². The molecule has 0 aliphatic heterocycles. The molecule has 0 N–H and O–H groups in total. The Morgan fingerprint density at radius 2 is 1.91 bits per heavy atom. The molecule has 0 spiro atoms. The molecule has 6 nitrogen and oxygen atoms in total. The predicted molar refractivity (Wildman–Crippen MR) is 85.3 cm³/mol. The quantitative estimate of drug-likeness (QED) is 0.676. The number of carbonyl (C=O) groups is 1. The molecule has 2 aromatic heterocycles. The Kier molecular flexibility index (Phi) is 4.23. The average Bonchev–Trinajstić information content (AvgIpc) is 2.97. The van der Waals surface area contributed by atoms with Crippen molar-refractivity contribution < 1.29 is 14.3 Å². The summed E-state index contributed by atoms with van der Waals surface area (Å²) in [5, 5.41) is 5.09. The van der Waals surface area contributed by atoms with Gasteiger partial charge in [-0.15, -0.1) is 0 Å². The molecule has 1 aromatic carbocycles. The largest absolute Gasteiger partial charge is 0.497 e. The van der Waals surface area contributed by atoms with E-state index in [1.807, 2.05) is 36.5 Å². The predicted octanol–water partition coefficient (Wildman–Crippen LogP) is 2.20. The molecule has 0 unspecified atom stereocenters. The van der Waals surface area contributed by atoms with E-state index in [1.54, 1.807) is 18.0 Å². The van der Waals surface area contributed by atoms with Gasteiger partial charge in [0.15, 0.2) is 5.65 Å². The van der Waals surface area contributed by atoms with Crippen molar-refractivity contribution >= 4 is 17.0 Å². The number of methoxy groups -OCH3 is 2. The third-order valence-corrected chi connectivity index (χ3v) is 3.61. The highest BCUT2D eigenvalue weighted by Gasteiger charge is 2.09. The fraction of sp³-hybridized carbons (Fsp3) is 0.235. The van der Waals surface area contributed by atoms with E-state index >= 15 is 0 Å². The van der Waals surface area contributed by atoms with Crippen LogP contribution < -0.4 is 4.74 Å². The first kappa shape index (κ1) is 15.0. The van der Waals surface area contributed by atoms with E-state index in [1.165, 1.54) is 12.7 Å². The minimum atomic E-state index is -0.348. The van der Waals surface area contributed by atoms with Gasteiger partial charge in [0.2, 0.25) is 0 Å². The SMILES string of the molecule is COC(=O)Cn1ncc2cc(Cc3ccc(OC)cc3)cnc21. The molecule has 2 heterocycles. The second-order valence-electron chi connectivity index (χ2n) is 5.16. The minimum absolute atomic E-state index is 0.0603. The molecule has 6 heteroatoms. The number of carbonyl (C=O) groups excluding carboxylic acids is 1. The number of hydrogen-bond acceptors (Lipinski definition) is 5. The smallest absolute Gasteiger partial charge is 0.327 e. The Labute approximate surface area is 133 Å². The van der Waals surface area contributed by atoms with Gasteiger partial charge in [-0.1, -0.05) is 12.1 Å². The van der Waals surface area contributed by atoms with Crippen molar-refractivity contribution in [1.82, 2.24) is 14.8 Å². The highest BCUT2D eigenvalue weighted by atomic mass is 16.5. The molecule has 23 heavy (non-hydrogen) atoms. The van der Waals surface area contributed by atoms with Gasteiger partial charge in [-0.05, 0) is 35.7 Å². The summed E-state index contributed by atoms with van der Waals surface area (Å²) >= 11 is 0. The van der Waals surface area contributed by atoms with Gasteiger partial charge >= 0.3 is 5.97 Å². The van der Waals surface area contributed by atoms with Crippen LogP contribution in [-0.2, 0) is 22.5 Å². The summed E-state index contributed by atoms with van der Waals surface area (Å²) < 4.78 is 11.4. The summed E-state index contributed by atoms with van der Waals surface area (Å²) in [5.74, 6) is 0.491. The number of hydrogen-bond donors (Lipinski definition) is 0. The van der Waals surface area contributed by atoms with Gasteiger partial charge in [-0.25, -0.2) is 9.67 Å². The van der Waals surface area contributed by atoms with Crippen molar-refractivity contribution in [2.45, 2.75) is 13.0 Å². The van der Waals surface area contributed by atoms with Crippen molar-refractivity contribution in [2.24, 2.45) is 0 Å². The zero-order chi connectivity index (χ0) is 16.2. The molecule has 0 saturated carbocycles. The Bertz CT molecular complexity index is 825. The number of nitrogens with zero attached hydrogens (tertiary/aromatic N) is 3. The van der Waals surface area contributed by atoms with Gasteiger partial charge in [-0.3, -0.25) is 4.79 Å². The van der Waals surface area contributed by atoms with E-state index < -0.39 is 0 Å². The summed E-state index contributed by atoms with van der Waals surface area (Å²) in [5.41, 5.74) is 2.93. The van der Waals surface area contributed by atoms with Crippen LogP contribution >= 0.6 is 0 Å². The van der Waals surface area contributed by atoms with Gasteiger partial charge < -0.3 is 9.47 Å². The lowest BCUT2D eigenvalue weighted by atomic mass is 10.1. The maximum Gasteiger partial charge on any atom is 0.327 e. The van der Waals surface area contributed by atoms with Gasteiger partial charge in [-0.2, -0.15) is 5.10 Å². The van der Waals surface area contributed by atoms with E-state index in [0.717, 1.165) is 23.1 Å². The number of aromatic nitrogens is 3. The van der Waals surface area contributed by atoms with Crippen LogP contribution in [0.2, 0.25) is 0 Å². The molecule has 0 saturated heterocycles. The maximum absolute atomic E-state index is 11.4. The zero-order valence-electron chi connectivity index (χ0n) is 13.0. The molecule has 0 amide bonds. The lowest BCUT2D eigenvalue weighted by molar-refractivity contribution is -0.141. The fourth-order valence-corrected chi connectivity index (χ4v) is 2.40. The molecule has 3 rings (SSSR count). The molecule has 0 aliphatic carbocycles. The zero-order valence-corrected chi connectivity index (χ0v) is 13.0. The van der Waals surface area contributed by atoms with E-state index in [2.05, 4.69) is 14.8 Å². The second-order valence-corrected chi connectivity index (χ2v) is 5.16. The number of benzene rings is 1. The first-order valence-electron chi connectivity index (χ1n) is 7.20. The Morgan fingerprint density at radius 1 is 1.13 bits per heavy atom. The average molecular weight is 311 g/mol. The molecule has 0 radical (unpaired) electrons. The topological polar surface area (TPSA) is 66.2 Å². The molecular formula is C17H17N3O3. The number of ether oxygens (including phenoxy) is 2. The fourth-order valence-electron chi connectivity index (χ4n) is 2.40. The third-order valence-electron chi connectivity index (χ3n) is 3.61. The van der Waals surface area contributed by atoms with Crippen LogP contribution in [0.4, 0.5) is 0 Å². The maximum atomic E-state index is 11.4. The third kappa shape index (κ3) is 3.31. The van der Waals surface area contributed by atoms with Crippen LogP contribution in [0.1, 0.15) is 11.1 Å². The molecular weight excluding hydrogens is 294 g/mol. The summed E-state index contributed by atoms with van der Waals surface area (Å²) in [6, 6.07) is 9.98. The van der Waals surface area contributed by atoms with E-state index in [-0.39, 0.29) is 12.5 Å². The van der Waals surface area contributed by atoms with Crippen molar-refractivity contribution in [3.05, 3.63) is 53.9 Å². The highest BCUT2D eigenvalue weighted by Crippen LogP contribution is 2.18. The standard InChI is InChI=1S/C17H17N3O3/c1-22-15-5-3-12(4-6-15)7-13-8-14-10-19-20(11-16(21)23-2)17(14)18-9-13/h3-6,8-10H,7,11H2,1-2H3. The van der Waals surface area contributed by atoms with Crippen LogP contribution in [0.5, 0.6) is 5.75 Å². The number of esters is 1. The number of pyridine rings is 1. The molecule has 0 fully saturated rings. The van der Waals surface area contributed by atoms with Gasteiger partial charge in [0.05, 0.1) is 20.4 Å². The lowest BCUT2D eigenvalue weighted by Gasteiger charge is -2.05. The first-order valence-corrected chi connectivity index (χ1v) is 7.20. The van der Waals surface area contributed by atoms with E-state index in [0.29, 0.717) is 5.65 Å². The summed E-state index contributed by atoms with van der Waals surface area (Å²) in [6.45, 7) is 0.0603. The number of fused-ring (bicyclic) bond motifs is 1. The van der Waals surface area contributed by atoms with Gasteiger partial charge in [0, 0.05) is 11.6 Å². The summed E-state index contributed by atoms with van der Waals surface area (Å²) in [7, 11) is 3.01. The van der Waals surface area contributed by atoms with Gasteiger partial charge in [0.1, 0.15) is 12.3 Å². The van der Waals surface area contributed by atoms with Crippen molar-refractivity contribution in [3.63, 3.8) is 0 Å². The van der Waals surface area contributed by atoms with Crippen LogP contribution in [-0.4, -0.2) is 35.0 Å². The van der Waals surface area contributed by atoms with Crippen LogP contribution in [0.25, 0.3) is 11.0 Å². The highest BCUT2D eigenvalue weighted by molar-refractivity contribution is 5.77. The second kappa shape index (κ2) is 6.48. The van der Waals surface area contributed by atoms with Crippen LogP contribution in [0.15, 0.2) is 42.7 Å².